The lowest BCUT2D eigenvalue weighted by atomic mass is 10.1. The summed E-state index contributed by atoms with van der Waals surface area (Å²) in [5, 5.41) is 0. The Morgan fingerprint density at radius 3 is 2.50 bits per heavy atom. The third-order valence-electron chi connectivity index (χ3n) is 3.35. The molecule has 0 radical (unpaired) electrons. The maximum Gasteiger partial charge on any atom is 0.157 e. The number of allylic oxidation sites excluding steroid dienone is 2. The van der Waals surface area contributed by atoms with E-state index in [1.807, 2.05) is 0 Å². The van der Waals surface area contributed by atoms with Gasteiger partial charge in [0.15, 0.2) is 6.29 Å². The minimum atomic E-state index is 0.0864. The molecule has 1 atom stereocenters. The first-order valence-electron chi connectivity index (χ1n) is 7.81. The highest BCUT2D eigenvalue weighted by atomic mass is 16.7. The molecule has 0 spiro atoms. The highest BCUT2D eigenvalue weighted by Gasteiger charge is 2.12. The van der Waals surface area contributed by atoms with Crippen molar-refractivity contribution in [1.82, 2.24) is 0 Å². The fraction of sp³-hybridized carbons (Fsp3) is 0.875. The SMILES string of the molecule is CCCCCC=CCCCCOC1CCCCO1. The molecule has 0 aromatic heterocycles. The molecule has 0 N–H and O–H groups in total. The van der Waals surface area contributed by atoms with E-state index in [1.54, 1.807) is 0 Å². The number of hydrogen-bond donors (Lipinski definition) is 0. The van der Waals surface area contributed by atoms with Crippen LogP contribution in [0.2, 0.25) is 0 Å². The van der Waals surface area contributed by atoms with Crippen LogP contribution >= 0.6 is 0 Å². The van der Waals surface area contributed by atoms with E-state index in [0.717, 1.165) is 26.1 Å². The maximum atomic E-state index is 5.70. The van der Waals surface area contributed by atoms with Crippen molar-refractivity contribution in [3.63, 3.8) is 0 Å². The van der Waals surface area contributed by atoms with E-state index in [1.165, 1.54) is 51.4 Å². The van der Waals surface area contributed by atoms with Crippen LogP contribution in [0.25, 0.3) is 0 Å². The topological polar surface area (TPSA) is 18.5 Å². The summed E-state index contributed by atoms with van der Waals surface area (Å²) >= 11 is 0. The van der Waals surface area contributed by atoms with Gasteiger partial charge >= 0.3 is 0 Å². The molecule has 106 valence electrons. The number of ether oxygens (including phenoxy) is 2. The second-order valence-electron chi connectivity index (χ2n) is 5.13. The lowest BCUT2D eigenvalue weighted by Gasteiger charge is -2.22. The molecule has 1 heterocycles. The molecule has 0 aromatic carbocycles. The van der Waals surface area contributed by atoms with E-state index in [2.05, 4.69) is 19.1 Å². The molecular weight excluding hydrogens is 224 g/mol. The van der Waals surface area contributed by atoms with Crippen LogP contribution in [0, 0.1) is 0 Å². The van der Waals surface area contributed by atoms with Crippen molar-refractivity contribution in [2.24, 2.45) is 0 Å². The van der Waals surface area contributed by atoms with E-state index in [4.69, 9.17) is 9.47 Å². The molecule has 18 heavy (non-hydrogen) atoms. The summed E-state index contributed by atoms with van der Waals surface area (Å²) in [6, 6.07) is 0. The molecule has 1 rings (SSSR count). The van der Waals surface area contributed by atoms with Gasteiger partial charge in [-0.15, -0.1) is 0 Å². The molecule has 1 unspecified atom stereocenters. The van der Waals surface area contributed by atoms with Gasteiger partial charge in [-0.25, -0.2) is 0 Å². The minimum absolute atomic E-state index is 0.0864. The van der Waals surface area contributed by atoms with E-state index in [0.29, 0.717) is 0 Å². The smallest absolute Gasteiger partial charge is 0.157 e. The summed E-state index contributed by atoms with van der Waals surface area (Å²) in [7, 11) is 0. The van der Waals surface area contributed by atoms with Gasteiger partial charge in [-0.1, -0.05) is 31.9 Å². The second-order valence-corrected chi connectivity index (χ2v) is 5.13. The first kappa shape index (κ1) is 15.7. The van der Waals surface area contributed by atoms with E-state index < -0.39 is 0 Å². The van der Waals surface area contributed by atoms with Crippen LogP contribution < -0.4 is 0 Å². The van der Waals surface area contributed by atoms with Gasteiger partial charge in [0.25, 0.3) is 0 Å². The van der Waals surface area contributed by atoms with Crippen molar-refractivity contribution in [3.8, 4) is 0 Å². The predicted molar refractivity (Wildman–Crippen MR) is 76.7 cm³/mol. The summed E-state index contributed by atoms with van der Waals surface area (Å²) in [4.78, 5) is 0. The monoisotopic (exact) mass is 254 g/mol. The normalized spacial score (nSPS) is 20.6. The van der Waals surface area contributed by atoms with Gasteiger partial charge in [-0.2, -0.15) is 0 Å². The van der Waals surface area contributed by atoms with Crippen molar-refractivity contribution in [1.29, 1.82) is 0 Å². The van der Waals surface area contributed by atoms with Crippen LogP contribution in [0.1, 0.15) is 71.1 Å². The van der Waals surface area contributed by atoms with Gasteiger partial charge in [0, 0.05) is 13.2 Å². The van der Waals surface area contributed by atoms with E-state index >= 15 is 0 Å². The molecule has 1 saturated heterocycles. The third-order valence-corrected chi connectivity index (χ3v) is 3.35. The van der Waals surface area contributed by atoms with Gasteiger partial charge < -0.3 is 9.47 Å². The van der Waals surface area contributed by atoms with Crippen LogP contribution in [-0.2, 0) is 9.47 Å². The van der Waals surface area contributed by atoms with Crippen molar-refractivity contribution in [2.75, 3.05) is 13.2 Å². The molecular formula is C16H30O2. The molecule has 0 bridgehead atoms. The second kappa shape index (κ2) is 11.7. The van der Waals surface area contributed by atoms with Gasteiger partial charge in [0.1, 0.15) is 0 Å². The zero-order valence-corrected chi connectivity index (χ0v) is 12.0. The Hall–Kier alpha value is -0.340. The molecule has 1 fully saturated rings. The highest BCUT2D eigenvalue weighted by Crippen LogP contribution is 2.14. The fourth-order valence-electron chi connectivity index (χ4n) is 2.17. The summed E-state index contributed by atoms with van der Waals surface area (Å²) in [5.74, 6) is 0. The van der Waals surface area contributed by atoms with Crippen LogP contribution in [0.15, 0.2) is 12.2 Å². The molecule has 0 aliphatic carbocycles. The maximum absolute atomic E-state index is 5.70. The van der Waals surface area contributed by atoms with Gasteiger partial charge in [-0.05, 0) is 51.4 Å². The van der Waals surface area contributed by atoms with Crippen molar-refractivity contribution in [3.05, 3.63) is 12.2 Å². The summed E-state index contributed by atoms with van der Waals surface area (Å²) in [5.41, 5.74) is 0. The highest BCUT2D eigenvalue weighted by molar-refractivity contribution is 4.81. The van der Waals surface area contributed by atoms with Crippen LogP contribution in [0.3, 0.4) is 0 Å². The van der Waals surface area contributed by atoms with Gasteiger partial charge in [0.2, 0.25) is 0 Å². The number of unbranched alkanes of at least 4 members (excludes halogenated alkanes) is 5. The molecule has 2 nitrogen and oxygen atoms in total. The average Bonchev–Trinajstić information content (AvgIpc) is 2.42. The predicted octanol–water partition coefficient (Wildman–Crippen LogP) is 4.84. The van der Waals surface area contributed by atoms with Crippen LogP contribution in [-0.4, -0.2) is 19.5 Å². The molecule has 1 aliphatic rings. The molecule has 0 amide bonds. The fourth-order valence-corrected chi connectivity index (χ4v) is 2.17. The Morgan fingerprint density at radius 1 is 1.06 bits per heavy atom. The quantitative estimate of drug-likeness (QED) is 0.410. The lowest BCUT2D eigenvalue weighted by molar-refractivity contribution is -0.162. The Balaban J connectivity index is 1.80. The summed E-state index contributed by atoms with van der Waals surface area (Å²) in [6.07, 6.45) is 17.1. The average molecular weight is 254 g/mol. The van der Waals surface area contributed by atoms with Crippen LogP contribution in [0.5, 0.6) is 0 Å². The van der Waals surface area contributed by atoms with Gasteiger partial charge in [-0.3, -0.25) is 0 Å². The third kappa shape index (κ3) is 8.71. The lowest BCUT2D eigenvalue weighted by Crippen LogP contribution is -2.22. The Bertz CT molecular complexity index is 195. The zero-order valence-electron chi connectivity index (χ0n) is 12.0. The van der Waals surface area contributed by atoms with E-state index in [-0.39, 0.29) is 6.29 Å². The largest absolute Gasteiger partial charge is 0.353 e. The standard InChI is InChI=1S/C16H30O2/c1-2-3-4-5-6-7-8-9-11-14-17-16-13-10-12-15-18-16/h6-7,16H,2-5,8-15H2,1H3. The Morgan fingerprint density at radius 2 is 1.83 bits per heavy atom. The number of rotatable bonds is 10. The van der Waals surface area contributed by atoms with Crippen molar-refractivity contribution >= 4 is 0 Å². The minimum Gasteiger partial charge on any atom is -0.353 e. The van der Waals surface area contributed by atoms with Crippen molar-refractivity contribution < 1.29 is 9.47 Å². The molecule has 0 aromatic rings. The van der Waals surface area contributed by atoms with Gasteiger partial charge in [0.05, 0.1) is 0 Å². The summed E-state index contributed by atoms with van der Waals surface area (Å²) in [6.45, 7) is 3.99. The molecule has 1 aliphatic heterocycles. The Kier molecular flexibility index (Phi) is 10.2. The first-order chi connectivity index (χ1) is 8.93. The number of hydrogen-bond acceptors (Lipinski definition) is 2. The summed E-state index contributed by atoms with van der Waals surface area (Å²) < 4.78 is 11.2. The molecule has 0 saturated carbocycles. The Labute approximate surface area is 113 Å². The molecule has 2 heteroatoms. The van der Waals surface area contributed by atoms with E-state index in [9.17, 15) is 0 Å². The van der Waals surface area contributed by atoms with Crippen molar-refractivity contribution in [2.45, 2.75) is 77.4 Å². The zero-order chi connectivity index (χ0) is 12.9. The van der Waals surface area contributed by atoms with Crippen LogP contribution in [0.4, 0.5) is 0 Å². The first-order valence-corrected chi connectivity index (χ1v) is 7.81.